The highest BCUT2D eigenvalue weighted by molar-refractivity contribution is 7.98. The lowest BCUT2D eigenvalue weighted by atomic mass is 10.1. The fourth-order valence-electron chi connectivity index (χ4n) is 2.98. The molecule has 140 valence electrons. The molecule has 0 unspecified atom stereocenters. The third-order valence-corrected chi connectivity index (χ3v) is 5.31. The van der Waals surface area contributed by atoms with Gasteiger partial charge in [0.15, 0.2) is 5.58 Å². The predicted molar refractivity (Wildman–Crippen MR) is 112 cm³/mol. The summed E-state index contributed by atoms with van der Waals surface area (Å²) in [6, 6.07) is 25.5. The highest BCUT2D eigenvalue weighted by atomic mass is 32.2. The van der Waals surface area contributed by atoms with Crippen molar-refractivity contribution in [3.8, 4) is 0 Å². The van der Waals surface area contributed by atoms with E-state index in [9.17, 15) is 4.79 Å². The maximum absolute atomic E-state index is 12.6. The van der Waals surface area contributed by atoms with Crippen LogP contribution < -0.4 is 5.32 Å². The fraction of sp³-hybridized carbons (Fsp3) is 0.130. The molecule has 4 rings (SSSR count). The van der Waals surface area contributed by atoms with E-state index < -0.39 is 0 Å². The number of carbonyl (C=O) groups excluding carboxylic acids is 1. The van der Waals surface area contributed by atoms with Gasteiger partial charge in [0.2, 0.25) is 0 Å². The SMILES string of the molecule is O=C(NCCc1ccccc1)c1ccccc1CSc1nc2ccccc2o1. The van der Waals surface area contributed by atoms with Crippen molar-refractivity contribution in [2.45, 2.75) is 17.4 Å². The average Bonchev–Trinajstić information content (AvgIpc) is 3.16. The predicted octanol–water partition coefficient (Wildman–Crippen LogP) is 5.09. The molecule has 3 aromatic carbocycles. The van der Waals surface area contributed by atoms with E-state index in [2.05, 4.69) is 22.4 Å². The van der Waals surface area contributed by atoms with Crippen LogP contribution in [0.3, 0.4) is 0 Å². The second-order valence-corrected chi connectivity index (χ2v) is 7.31. The smallest absolute Gasteiger partial charge is 0.257 e. The van der Waals surface area contributed by atoms with Crippen molar-refractivity contribution in [3.05, 3.63) is 95.6 Å². The molecule has 0 spiro atoms. The molecule has 0 atom stereocenters. The zero-order chi connectivity index (χ0) is 19.2. The first-order valence-corrected chi connectivity index (χ1v) is 10.2. The number of oxazole rings is 1. The van der Waals surface area contributed by atoms with Crippen molar-refractivity contribution in [1.29, 1.82) is 0 Å². The molecular weight excluding hydrogens is 368 g/mol. The number of aromatic nitrogens is 1. The quantitative estimate of drug-likeness (QED) is 0.448. The standard InChI is InChI=1S/C23H20N2O2S/c26-22(24-15-14-17-8-2-1-3-9-17)19-11-5-4-10-18(19)16-28-23-25-20-12-6-7-13-21(20)27-23/h1-13H,14-16H2,(H,24,26). The number of nitrogens with one attached hydrogen (secondary N) is 1. The maximum atomic E-state index is 12.6. The van der Waals surface area contributed by atoms with Crippen molar-refractivity contribution in [2.24, 2.45) is 0 Å². The zero-order valence-electron chi connectivity index (χ0n) is 15.3. The van der Waals surface area contributed by atoms with Crippen molar-refractivity contribution < 1.29 is 9.21 Å². The molecule has 5 heteroatoms. The number of hydrogen-bond donors (Lipinski definition) is 1. The van der Waals surface area contributed by atoms with Gasteiger partial charge < -0.3 is 9.73 Å². The Morgan fingerprint density at radius 1 is 0.929 bits per heavy atom. The number of benzene rings is 3. The summed E-state index contributed by atoms with van der Waals surface area (Å²) in [7, 11) is 0. The lowest BCUT2D eigenvalue weighted by Gasteiger charge is -2.09. The third kappa shape index (κ3) is 4.43. The molecule has 1 heterocycles. The van der Waals surface area contributed by atoms with Crippen molar-refractivity contribution in [3.63, 3.8) is 0 Å². The van der Waals surface area contributed by atoms with Crippen molar-refractivity contribution in [1.82, 2.24) is 10.3 Å². The first-order valence-electron chi connectivity index (χ1n) is 9.18. The monoisotopic (exact) mass is 388 g/mol. The Hall–Kier alpha value is -3.05. The van der Waals surface area contributed by atoms with Gasteiger partial charge >= 0.3 is 0 Å². The zero-order valence-corrected chi connectivity index (χ0v) is 16.1. The Kier molecular flexibility index (Phi) is 5.73. The van der Waals surface area contributed by atoms with E-state index in [1.165, 1.54) is 17.3 Å². The first-order chi connectivity index (χ1) is 13.8. The van der Waals surface area contributed by atoms with Gasteiger partial charge in [0.25, 0.3) is 11.1 Å². The summed E-state index contributed by atoms with van der Waals surface area (Å²) in [5, 5.41) is 3.63. The second kappa shape index (κ2) is 8.76. The number of fused-ring (bicyclic) bond motifs is 1. The van der Waals surface area contributed by atoms with Crippen LogP contribution >= 0.6 is 11.8 Å². The summed E-state index contributed by atoms with van der Waals surface area (Å²) >= 11 is 1.49. The average molecular weight is 388 g/mol. The molecule has 0 radical (unpaired) electrons. The first kappa shape index (κ1) is 18.3. The van der Waals surface area contributed by atoms with Gasteiger partial charge in [-0.05, 0) is 35.7 Å². The van der Waals surface area contributed by atoms with E-state index in [4.69, 9.17) is 4.42 Å². The molecule has 0 bridgehead atoms. The molecule has 0 saturated carbocycles. The Labute approximate surface area is 168 Å². The van der Waals surface area contributed by atoms with Crippen LogP contribution in [0.4, 0.5) is 0 Å². The fourth-order valence-corrected chi connectivity index (χ4v) is 3.82. The number of amides is 1. The number of rotatable bonds is 7. The highest BCUT2D eigenvalue weighted by Gasteiger charge is 2.12. The normalized spacial score (nSPS) is 10.9. The molecule has 0 aliphatic rings. The minimum absolute atomic E-state index is 0.0512. The van der Waals surface area contributed by atoms with Crippen LogP contribution in [0.1, 0.15) is 21.5 Å². The van der Waals surface area contributed by atoms with E-state index in [-0.39, 0.29) is 5.91 Å². The summed E-state index contributed by atoms with van der Waals surface area (Å²) in [4.78, 5) is 17.1. The lowest BCUT2D eigenvalue weighted by molar-refractivity contribution is 0.0953. The van der Waals surface area contributed by atoms with Gasteiger partial charge in [-0.15, -0.1) is 0 Å². The van der Waals surface area contributed by atoms with E-state index in [0.717, 1.165) is 23.1 Å². The van der Waals surface area contributed by atoms with Crippen molar-refractivity contribution >= 4 is 28.8 Å². The second-order valence-electron chi connectivity index (χ2n) is 6.38. The number of thioether (sulfide) groups is 1. The van der Waals surface area contributed by atoms with Crippen LogP contribution in [0, 0.1) is 0 Å². The van der Waals surface area contributed by atoms with Gasteiger partial charge in [0.05, 0.1) is 0 Å². The Morgan fingerprint density at radius 2 is 1.68 bits per heavy atom. The molecule has 4 aromatic rings. The lowest BCUT2D eigenvalue weighted by Crippen LogP contribution is -2.26. The summed E-state index contributed by atoms with van der Waals surface area (Å²) in [5.74, 6) is 0.569. The van der Waals surface area contributed by atoms with Gasteiger partial charge in [-0.2, -0.15) is 0 Å². The van der Waals surface area contributed by atoms with E-state index in [1.807, 2.05) is 66.7 Å². The van der Waals surface area contributed by atoms with Crippen LogP contribution in [0.15, 0.2) is 88.5 Å². The van der Waals surface area contributed by atoms with Gasteiger partial charge in [-0.1, -0.05) is 72.4 Å². The Bertz CT molecular complexity index is 1040. The van der Waals surface area contributed by atoms with Gasteiger partial charge in [0.1, 0.15) is 5.52 Å². The van der Waals surface area contributed by atoms with Gasteiger partial charge in [-0.3, -0.25) is 4.79 Å². The molecule has 1 N–H and O–H groups in total. The van der Waals surface area contributed by atoms with Crippen LogP contribution in [-0.4, -0.2) is 17.4 Å². The van der Waals surface area contributed by atoms with Gasteiger partial charge in [0, 0.05) is 17.9 Å². The summed E-state index contributed by atoms with van der Waals surface area (Å²) in [6.07, 6.45) is 0.812. The van der Waals surface area contributed by atoms with E-state index in [1.54, 1.807) is 0 Å². The highest BCUT2D eigenvalue weighted by Crippen LogP contribution is 2.27. The molecule has 0 fully saturated rings. The molecule has 4 nitrogen and oxygen atoms in total. The number of carbonyl (C=O) groups is 1. The summed E-state index contributed by atoms with van der Waals surface area (Å²) in [5.41, 5.74) is 4.49. The number of hydrogen-bond acceptors (Lipinski definition) is 4. The molecule has 0 aliphatic carbocycles. The summed E-state index contributed by atoms with van der Waals surface area (Å²) < 4.78 is 5.76. The van der Waals surface area contributed by atoms with Crippen LogP contribution in [0.5, 0.6) is 0 Å². The minimum atomic E-state index is -0.0512. The molecular formula is C23H20N2O2S. The van der Waals surface area contributed by atoms with E-state index in [0.29, 0.717) is 23.1 Å². The van der Waals surface area contributed by atoms with Crippen LogP contribution in [0.2, 0.25) is 0 Å². The van der Waals surface area contributed by atoms with Crippen LogP contribution in [0.25, 0.3) is 11.1 Å². The van der Waals surface area contributed by atoms with Crippen LogP contribution in [-0.2, 0) is 12.2 Å². The van der Waals surface area contributed by atoms with E-state index >= 15 is 0 Å². The molecule has 1 aromatic heterocycles. The van der Waals surface area contributed by atoms with Gasteiger partial charge in [-0.25, -0.2) is 4.98 Å². The molecule has 28 heavy (non-hydrogen) atoms. The number of nitrogens with zero attached hydrogens (tertiary/aromatic N) is 1. The molecule has 0 aliphatic heterocycles. The Balaban J connectivity index is 1.39. The Morgan fingerprint density at radius 3 is 2.54 bits per heavy atom. The maximum Gasteiger partial charge on any atom is 0.257 e. The van der Waals surface area contributed by atoms with Crippen molar-refractivity contribution in [2.75, 3.05) is 6.54 Å². The molecule has 1 amide bonds. The third-order valence-electron chi connectivity index (χ3n) is 4.43. The number of para-hydroxylation sites is 2. The summed E-state index contributed by atoms with van der Waals surface area (Å²) in [6.45, 7) is 0.607. The molecule has 0 saturated heterocycles. The largest absolute Gasteiger partial charge is 0.431 e. The minimum Gasteiger partial charge on any atom is -0.431 e. The topological polar surface area (TPSA) is 55.1 Å².